The third-order valence-corrected chi connectivity index (χ3v) is 19.9. The van der Waals surface area contributed by atoms with Crippen LogP contribution in [0.1, 0.15) is 476 Å². The van der Waals surface area contributed by atoms with Crippen LogP contribution in [0.15, 0.2) is 36.5 Å². The molecule has 3 N–H and O–H groups in total. The van der Waals surface area contributed by atoms with Crippen LogP contribution in [0, 0.1) is 0 Å². The van der Waals surface area contributed by atoms with E-state index in [4.69, 9.17) is 4.74 Å². The summed E-state index contributed by atoms with van der Waals surface area (Å²) in [5.41, 5.74) is 0. The highest BCUT2D eigenvalue weighted by Crippen LogP contribution is 2.20. The molecule has 0 saturated carbocycles. The third-order valence-electron chi connectivity index (χ3n) is 19.9. The second kappa shape index (κ2) is 81.5. The highest BCUT2D eigenvalue weighted by molar-refractivity contribution is 5.76. The van der Waals surface area contributed by atoms with Gasteiger partial charge >= 0.3 is 5.97 Å². The number of amides is 1. The molecule has 0 radical (unpaired) electrons. The van der Waals surface area contributed by atoms with Gasteiger partial charge in [0.15, 0.2) is 0 Å². The van der Waals surface area contributed by atoms with Crippen LogP contribution in [-0.4, -0.2) is 47.4 Å². The van der Waals surface area contributed by atoms with Gasteiger partial charge in [0.2, 0.25) is 5.91 Å². The molecule has 0 aromatic rings. The zero-order chi connectivity index (χ0) is 66.3. The Morgan fingerprint density at radius 2 is 0.511 bits per heavy atom. The highest BCUT2D eigenvalue weighted by Gasteiger charge is 2.18. The number of ether oxygens (including phenoxy) is 1. The lowest BCUT2D eigenvalue weighted by atomic mass is 10.0. The van der Waals surface area contributed by atoms with E-state index in [9.17, 15) is 19.8 Å². The van der Waals surface area contributed by atoms with Crippen LogP contribution in [0.3, 0.4) is 0 Å². The van der Waals surface area contributed by atoms with Gasteiger partial charge in [0.1, 0.15) is 0 Å². The van der Waals surface area contributed by atoms with Crippen LogP contribution in [0.25, 0.3) is 0 Å². The lowest BCUT2D eigenvalue weighted by Gasteiger charge is -2.20. The van der Waals surface area contributed by atoms with E-state index in [1.54, 1.807) is 6.08 Å². The zero-order valence-corrected chi connectivity index (χ0v) is 62.6. The standard InChI is InChI=1S/C86H165NO5/c1-3-5-7-9-11-13-15-17-19-21-23-24-36-39-43-46-50-54-58-62-66-70-74-78-84(89)83(82-88)87-85(90)79-75-71-67-63-59-55-51-47-44-40-37-34-32-30-28-26-25-27-29-31-33-35-38-41-45-49-53-57-61-65-69-73-77-81-92-86(91)80-76-72-68-64-60-56-52-48-42-22-20-18-16-14-12-10-8-6-4-2/h18,20,29,31,74,78,83-84,88-89H,3-17,19,21-28,30,32-73,75-77,79-82H2,1-2H3,(H,87,90)/b20-18-,31-29-,78-74+. The van der Waals surface area contributed by atoms with Crippen molar-refractivity contribution in [3.05, 3.63) is 36.5 Å². The van der Waals surface area contributed by atoms with E-state index in [1.807, 2.05) is 6.08 Å². The molecule has 0 aliphatic rings. The van der Waals surface area contributed by atoms with Crippen molar-refractivity contribution in [2.45, 2.75) is 488 Å². The molecule has 0 aliphatic heterocycles. The van der Waals surface area contributed by atoms with Gasteiger partial charge in [0.05, 0.1) is 25.4 Å². The van der Waals surface area contributed by atoms with E-state index in [0.717, 1.165) is 38.5 Å². The summed E-state index contributed by atoms with van der Waals surface area (Å²) < 4.78 is 5.52. The molecule has 92 heavy (non-hydrogen) atoms. The Bertz CT molecular complexity index is 1490. The fourth-order valence-corrected chi connectivity index (χ4v) is 13.5. The third kappa shape index (κ3) is 77.1. The number of carbonyl (C=O) groups excluding carboxylic acids is 2. The number of hydrogen-bond acceptors (Lipinski definition) is 5. The maximum absolute atomic E-state index is 12.6. The second-order valence-electron chi connectivity index (χ2n) is 29.2. The van der Waals surface area contributed by atoms with Crippen molar-refractivity contribution in [3.8, 4) is 0 Å². The van der Waals surface area contributed by atoms with Gasteiger partial charge in [-0.25, -0.2) is 0 Å². The first-order valence-electron chi connectivity index (χ1n) is 42.3. The summed E-state index contributed by atoms with van der Waals surface area (Å²) >= 11 is 0. The Morgan fingerprint density at radius 3 is 0.772 bits per heavy atom. The minimum atomic E-state index is -0.844. The van der Waals surface area contributed by atoms with Gasteiger partial charge < -0.3 is 20.3 Å². The molecule has 0 aromatic carbocycles. The Hall–Kier alpha value is -1.92. The Morgan fingerprint density at radius 1 is 0.293 bits per heavy atom. The summed E-state index contributed by atoms with van der Waals surface area (Å²) in [6.45, 7) is 4.96. The molecule has 6 heteroatoms. The molecule has 0 bridgehead atoms. The molecule has 2 atom stereocenters. The summed E-state index contributed by atoms with van der Waals surface area (Å²) in [7, 11) is 0. The maximum Gasteiger partial charge on any atom is 0.305 e. The molecule has 2 unspecified atom stereocenters. The smallest absolute Gasteiger partial charge is 0.305 e. The van der Waals surface area contributed by atoms with Crippen molar-refractivity contribution < 1.29 is 24.5 Å². The van der Waals surface area contributed by atoms with Gasteiger partial charge in [0, 0.05) is 12.8 Å². The maximum atomic E-state index is 12.6. The molecule has 6 nitrogen and oxygen atoms in total. The normalized spacial score (nSPS) is 12.6. The molecule has 0 heterocycles. The van der Waals surface area contributed by atoms with Gasteiger partial charge in [-0.15, -0.1) is 0 Å². The SMILES string of the molecule is CCCCCCCC/C=C\CCCCCCCCCCCC(=O)OCCCCCCCCCCCCCC/C=C\CCCCCCCCCCCCCCCCCCCC(=O)NC(CO)C(O)/C=C/CCCCCCCCCCCCCCCCCCCCCCC. The fourth-order valence-electron chi connectivity index (χ4n) is 13.5. The van der Waals surface area contributed by atoms with Gasteiger partial charge in [-0.05, 0) is 83.5 Å². The molecule has 1 amide bonds. The predicted molar refractivity (Wildman–Crippen MR) is 407 cm³/mol. The Balaban J connectivity index is 3.36. The number of esters is 1. The molecular formula is C86H165NO5. The number of allylic oxidation sites excluding steroid dienone is 5. The summed E-state index contributed by atoms with van der Waals surface area (Å²) in [4.78, 5) is 24.7. The summed E-state index contributed by atoms with van der Waals surface area (Å²) in [5.74, 6) is -0.0407. The van der Waals surface area contributed by atoms with Gasteiger partial charge in [-0.3, -0.25) is 9.59 Å². The minimum absolute atomic E-state index is 0.0190. The number of carbonyl (C=O) groups is 2. The largest absolute Gasteiger partial charge is 0.466 e. The predicted octanol–water partition coefficient (Wildman–Crippen LogP) is 28.2. The topological polar surface area (TPSA) is 95.9 Å². The van der Waals surface area contributed by atoms with Crippen LogP contribution in [0.5, 0.6) is 0 Å². The van der Waals surface area contributed by atoms with E-state index in [1.165, 1.54) is 411 Å². The van der Waals surface area contributed by atoms with E-state index in [0.29, 0.717) is 19.4 Å². The first-order chi connectivity index (χ1) is 45.5. The molecule has 0 saturated heterocycles. The summed E-state index contributed by atoms with van der Waals surface area (Å²) in [6.07, 6.45) is 107. The van der Waals surface area contributed by atoms with Crippen molar-refractivity contribution in [3.63, 3.8) is 0 Å². The quantitative estimate of drug-likeness (QED) is 0.0320. The molecule has 0 fully saturated rings. The molecule has 0 aliphatic carbocycles. The van der Waals surface area contributed by atoms with Crippen molar-refractivity contribution in [2.24, 2.45) is 0 Å². The highest BCUT2D eigenvalue weighted by atomic mass is 16.5. The van der Waals surface area contributed by atoms with Crippen LogP contribution in [0.2, 0.25) is 0 Å². The lowest BCUT2D eigenvalue weighted by molar-refractivity contribution is -0.143. The van der Waals surface area contributed by atoms with Gasteiger partial charge in [0.25, 0.3) is 0 Å². The van der Waals surface area contributed by atoms with E-state index < -0.39 is 12.1 Å². The minimum Gasteiger partial charge on any atom is -0.466 e. The number of unbranched alkanes of at least 4 members (excludes halogenated alkanes) is 65. The first-order valence-corrected chi connectivity index (χ1v) is 42.3. The first kappa shape index (κ1) is 90.1. The Labute approximate surface area is 576 Å². The fraction of sp³-hybridized carbons (Fsp3) is 0.907. The molecular weight excluding hydrogens is 1130 g/mol. The zero-order valence-electron chi connectivity index (χ0n) is 62.6. The lowest BCUT2D eigenvalue weighted by Crippen LogP contribution is -2.45. The van der Waals surface area contributed by atoms with Crippen LogP contribution >= 0.6 is 0 Å². The van der Waals surface area contributed by atoms with E-state index in [2.05, 4.69) is 43.5 Å². The van der Waals surface area contributed by atoms with E-state index >= 15 is 0 Å². The summed E-state index contributed by atoms with van der Waals surface area (Å²) in [6, 6.07) is -0.627. The second-order valence-corrected chi connectivity index (χ2v) is 29.2. The van der Waals surface area contributed by atoms with E-state index in [-0.39, 0.29) is 18.5 Å². The van der Waals surface area contributed by atoms with Crippen LogP contribution < -0.4 is 5.32 Å². The summed E-state index contributed by atoms with van der Waals surface area (Å²) in [5, 5.41) is 23.3. The number of nitrogens with one attached hydrogen (secondary N) is 1. The Kier molecular flexibility index (Phi) is 79.8. The van der Waals surface area contributed by atoms with Crippen LogP contribution in [0.4, 0.5) is 0 Å². The average molecular weight is 1290 g/mol. The molecule has 544 valence electrons. The van der Waals surface area contributed by atoms with Crippen molar-refractivity contribution in [2.75, 3.05) is 13.2 Å². The van der Waals surface area contributed by atoms with Crippen molar-refractivity contribution in [1.29, 1.82) is 0 Å². The number of aliphatic hydroxyl groups is 2. The van der Waals surface area contributed by atoms with Crippen LogP contribution in [-0.2, 0) is 14.3 Å². The monoisotopic (exact) mass is 1290 g/mol. The number of rotatable bonds is 80. The number of hydrogen-bond donors (Lipinski definition) is 3. The number of aliphatic hydroxyl groups excluding tert-OH is 2. The average Bonchev–Trinajstić information content (AvgIpc) is 3.60. The molecule has 0 aromatic heterocycles. The van der Waals surface area contributed by atoms with Gasteiger partial charge in [-0.1, -0.05) is 416 Å². The molecule has 0 spiro atoms. The van der Waals surface area contributed by atoms with Gasteiger partial charge in [-0.2, -0.15) is 0 Å². The van der Waals surface area contributed by atoms with Crippen molar-refractivity contribution in [1.82, 2.24) is 5.32 Å². The van der Waals surface area contributed by atoms with Crippen molar-refractivity contribution >= 4 is 11.9 Å². The molecule has 0 rings (SSSR count).